The number of hydrogen-bond acceptors (Lipinski definition) is 5. The van der Waals surface area contributed by atoms with E-state index in [1.807, 2.05) is 24.1 Å². The third-order valence-electron chi connectivity index (χ3n) is 4.40. The second-order valence-corrected chi connectivity index (χ2v) is 6.23. The lowest BCUT2D eigenvalue weighted by Crippen LogP contribution is -2.51. The number of hydrogen-bond donors (Lipinski definition) is 0. The molecule has 0 bridgehead atoms. The molecular formula is C18H28N4O3. The van der Waals surface area contributed by atoms with Crippen LogP contribution in [-0.4, -0.2) is 84.6 Å². The SMILES string of the molecule is CCOC(=O)N1CCN(C(=O)CCN(C)CCc2ccncc2)CC1. The van der Waals surface area contributed by atoms with Gasteiger partial charge in [0.1, 0.15) is 0 Å². The van der Waals surface area contributed by atoms with E-state index in [4.69, 9.17) is 4.74 Å². The lowest BCUT2D eigenvalue weighted by molar-refractivity contribution is -0.133. The van der Waals surface area contributed by atoms with Gasteiger partial charge in [-0.15, -0.1) is 0 Å². The van der Waals surface area contributed by atoms with Gasteiger partial charge in [-0.05, 0) is 38.1 Å². The third kappa shape index (κ3) is 6.34. The summed E-state index contributed by atoms with van der Waals surface area (Å²) < 4.78 is 4.99. The quantitative estimate of drug-likeness (QED) is 0.742. The van der Waals surface area contributed by atoms with Crippen LogP contribution < -0.4 is 0 Å². The van der Waals surface area contributed by atoms with Crippen molar-refractivity contribution in [2.24, 2.45) is 0 Å². The van der Waals surface area contributed by atoms with Gasteiger partial charge in [0.25, 0.3) is 0 Å². The smallest absolute Gasteiger partial charge is 0.409 e. The zero-order valence-electron chi connectivity index (χ0n) is 15.2. The molecule has 0 atom stereocenters. The number of pyridine rings is 1. The van der Waals surface area contributed by atoms with Crippen LogP contribution in [0.25, 0.3) is 0 Å². The van der Waals surface area contributed by atoms with Gasteiger partial charge in [0.15, 0.2) is 0 Å². The summed E-state index contributed by atoms with van der Waals surface area (Å²) >= 11 is 0. The Morgan fingerprint density at radius 3 is 2.40 bits per heavy atom. The highest BCUT2D eigenvalue weighted by Gasteiger charge is 2.24. The van der Waals surface area contributed by atoms with Gasteiger partial charge >= 0.3 is 6.09 Å². The first-order valence-corrected chi connectivity index (χ1v) is 8.87. The number of ether oxygens (including phenoxy) is 1. The molecule has 1 aromatic rings. The first kappa shape index (κ1) is 19.2. The highest BCUT2D eigenvalue weighted by Crippen LogP contribution is 2.06. The molecule has 1 aromatic heterocycles. The summed E-state index contributed by atoms with van der Waals surface area (Å²) in [6.07, 6.45) is 4.77. The van der Waals surface area contributed by atoms with Crippen LogP contribution in [0.1, 0.15) is 18.9 Å². The van der Waals surface area contributed by atoms with Crippen LogP contribution in [-0.2, 0) is 16.0 Å². The molecule has 1 fully saturated rings. The van der Waals surface area contributed by atoms with E-state index in [0.29, 0.717) is 39.2 Å². The summed E-state index contributed by atoms with van der Waals surface area (Å²) in [5.41, 5.74) is 1.25. The average molecular weight is 348 g/mol. The van der Waals surface area contributed by atoms with Crippen molar-refractivity contribution in [2.45, 2.75) is 19.8 Å². The van der Waals surface area contributed by atoms with Gasteiger partial charge in [0.05, 0.1) is 6.61 Å². The molecule has 25 heavy (non-hydrogen) atoms. The topological polar surface area (TPSA) is 66.0 Å². The van der Waals surface area contributed by atoms with Crippen molar-refractivity contribution in [3.8, 4) is 0 Å². The highest BCUT2D eigenvalue weighted by molar-refractivity contribution is 5.77. The number of rotatable bonds is 7. The zero-order valence-corrected chi connectivity index (χ0v) is 15.2. The van der Waals surface area contributed by atoms with Crippen LogP contribution in [0.5, 0.6) is 0 Å². The van der Waals surface area contributed by atoms with Gasteiger partial charge < -0.3 is 19.4 Å². The number of aromatic nitrogens is 1. The van der Waals surface area contributed by atoms with Gasteiger partial charge in [-0.3, -0.25) is 9.78 Å². The molecule has 0 saturated carbocycles. The van der Waals surface area contributed by atoms with Crippen LogP contribution in [0.15, 0.2) is 24.5 Å². The van der Waals surface area contributed by atoms with E-state index >= 15 is 0 Å². The first-order chi connectivity index (χ1) is 12.1. The Bertz CT molecular complexity index is 545. The largest absolute Gasteiger partial charge is 0.450 e. The van der Waals surface area contributed by atoms with Crippen molar-refractivity contribution >= 4 is 12.0 Å². The molecule has 0 unspecified atom stereocenters. The number of carbonyl (C=O) groups is 2. The molecule has 1 saturated heterocycles. The Balaban J connectivity index is 1.64. The van der Waals surface area contributed by atoms with Crippen LogP contribution in [0.3, 0.4) is 0 Å². The zero-order chi connectivity index (χ0) is 18.1. The van der Waals surface area contributed by atoms with E-state index < -0.39 is 0 Å². The molecular weight excluding hydrogens is 320 g/mol. The normalized spacial score (nSPS) is 14.7. The lowest BCUT2D eigenvalue weighted by Gasteiger charge is -2.34. The van der Waals surface area contributed by atoms with Gasteiger partial charge in [0.2, 0.25) is 5.91 Å². The molecule has 2 rings (SSSR count). The molecule has 138 valence electrons. The minimum absolute atomic E-state index is 0.152. The summed E-state index contributed by atoms with van der Waals surface area (Å²) in [6, 6.07) is 4.03. The molecule has 0 radical (unpaired) electrons. The van der Waals surface area contributed by atoms with Crippen molar-refractivity contribution in [3.63, 3.8) is 0 Å². The van der Waals surface area contributed by atoms with Crippen LogP contribution in [0.4, 0.5) is 4.79 Å². The Kier molecular flexibility index (Phi) is 7.66. The highest BCUT2D eigenvalue weighted by atomic mass is 16.6. The van der Waals surface area contributed by atoms with Gasteiger partial charge in [-0.1, -0.05) is 0 Å². The number of nitrogens with zero attached hydrogens (tertiary/aromatic N) is 4. The van der Waals surface area contributed by atoms with Crippen molar-refractivity contribution in [2.75, 3.05) is 52.9 Å². The van der Waals surface area contributed by atoms with Crippen molar-refractivity contribution < 1.29 is 14.3 Å². The molecule has 7 nitrogen and oxygen atoms in total. The molecule has 0 aromatic carbocycles. The van der Waals surface area contributed by atoms with E-state index in [1.165, 1.54) is 5.56 Å². The number of amides is 2. The monoisotopic (exact) mass is 348 g/mol. The van der Waals surface area contributed by atoms with Crippen LogP contribution in [0.2, 0.25) is 0 Å². The van der Waals surface area contributed by atoms with E-state index in [2.05, 4.69) is 9.88 Å². The Morgan fingerprint density at radius 2 is 1.76 bits per heavy atom. The minimum Gasteiger partial charge on any atom is -0.450 e. The maximum atomic E-state index is 12.3. The molecule has 7 heteroatoms. The van der Waals surface area contributed by atoms with Crippen LogP contribution in [0, 0.1) is 0 Å². The van der Waals surface area contributed by atoms with Crippen molar-refractivity contribution in [3.05, 3.63) is 30.1 Å². The minimum atomic E-state index is -0.287. The summed E-state index contributed by atoms with van der Waals surface area (Å²) in [6.45, 7) is 6.07. The number of piperazine rings is 1. The maximum absolute atomic E-state index is 12.3. The first-order valence-electron chi connectivity index (χ1n) is 8.87. The van der Waals surface area contributed by atoms with Crippen molar-refractivity contribution in [1.82, 2.24) is 19.7 Å². The molecule has 2 heterocycles. The summed E-state index contributed by atoms with van der Waals surface area (Å²) in [7, 11) is 2.03. The van der Waals surface area contributed by atoms with E-state index in [1.54, 1.807) is 24.2 Å². The molecule has 0 aliphatic carbocycles. The fourth-order valence-corrected chi connectivity index (χ4v) is 2.78. The fourth-order valence-electron chi connectivity index (χ4n) is 2.78. The Labute approximate surface area is 149 Å². The third-order valence-corrected chi connectivity index (χ3v) is 4.40. The van der Waals surface area contributed by atoms with E-state index in [-0.39, 0.29) is 12.0 Å². The van der Waals surface area contributed by atoms with Crippen molar-refractivity contribution in [1.29, 1.82) is 0 Å². The summed E-state index contributed by atoms with van der Waals surface area (Å²) in [5, 5.41) is 0. The molecule has 0 spiro atoms. The lowest BCUT2D eigenvalue weighted by atomic mass is 10.2. The molecule has 1 aliphatic rings. The predicted molar refractivity (Wildman–Crippen MR) is 95.2 cm³/mol. The molecule has 2 amide bonds. The second kappa shape index (κ2) is 9.98. The van der Waals surface area contributed by atoms with Gasteiger partial charge in [0, 0.05) is 58.1 Å². The second-order valence-electron chi connectivity index (χ2n) is 6.23. The van der Waals surface area contributed by atoms with Gasteiger partial charge in [-0.25, -0.2) is 4.79 Å². The summed E-state index contributed by atoms with van der Waals surface area (Å²) in [5.74, 6) is 0.152. The average Bonchev–Trinajstić information content (AvgIpc) is 2.65. The standard InChI is InChI=1S/C18H28N4O3/c1-3-25-18(24)22-14-12-21(13-15-22)17(23)7-11-20(2)10-6-16-4-8-19-9-5-16/h4-5,8-9H,3,6-7,10-15H2,1-2H3. The summed E-state index contributed by atoms with van der Waals surface area (Å²) in [4.78, 5) is 33.7. The van der Waals surface area contributed by atoms with Gasteiger partial charge in [-0.2, -0.15) is 0 Å². The molecule has 1 aliphatic heterocycles. The number of carbonyl (C=O) groups excluding carboxylic acids is 2. The Hall–Kier alpha value is -2.15. The van der Waals surface area contributed by atoms with Crippen LogP contribution >= 0.6 is 0 Å². The van der Waals surface area contributed by atoms with E-state index in [0.717, 1.165) is 19.5 Å². The fraction of sp³-hybridized carbons (Fsp3) is 0.611. The molecule has 0 N–H and O–H groups in total. The Morgan fingerprint density at radius 1 is 1.12 bits per heavy atom. The van der Waals surface area contributed by atoms with E-state index in [9.17, 15) is 9.59 Å². The maximum Gasteiger partial charge on any atom is 0.409 e. The number of likely N-dealkylation sites (N-methyl/N-ethyl adjacent to an activating group) is 1. The predicted octanol–water partition coefficient (Wildman–Crippen LogP) is 1.25.